The van der Waals surface area contributed by atoms with Crippen LogP contribution in [0.2, 0.25) is 0 Å². The third-order valence-electron chi connectivity index (χ3n) is 5.07. The number of ether oxygens (including phenoxy) is 2. The molecule has 1 aromatic rings. The highest BCUT2D eigenvalue weighted by molar-refractivity contribution is 5.45. The Bertz CT molecular complexity index is 520. The van der Waals surface area contributed by atoms with Crippen LogP contribution in [-0.4, -0.2) is 12.7 Å². The van der Waals surface area contributed by atoms with Crippen LogP contribution in [0.25, 0.3) is 0 Å². The van der Waals surface area contributed by atoms with E-state index in [4.69, 9.17) is 14.9 Å². The molecule has 0 aliphatic heterocycles. The molecule has 0 fully saturated rings. The highest BCUT2D eigenvalue weighted by Gasteiger charge is 2.27. The Labute approximate surface area is 141 Å². The minimum Gasteiger partial charge on any atom is -0.455 e. The van der Waals surface area contributed by atoms with Gasteiger partial charge in [0.1, 0.15) is 5.75 Å². The minimum atomic E-state index is -0.413. The van der Waals surface area contributed by atoms with Crippen molar-refractivity contribution in [2.24, 2.45) is 0 Å². The van der Waals surface area contributed by atoms with E-state index in [1.807, 2.05) is 6.92 Å². The van der Waals surface area contributed by atoms with Crippen molar-refractivity contribution in [3.8, 4) is 5.75 Å². The Morgan fingerprint density at radius 2 is 1.65 bits per heavy atom. The van der Waals surface area contributed by atoms with Gasteiger partial charge in [0.15, 0.2) is 6.40 Å². The molecule has 130 valence electrons. The molecule has 3 nitrogen and oxygen atoms in total. The van der Waals surface area contributed by atoms with E-state index < -0.39 is 6.29 Å². The van der Waals surface area contributed by atoms with E-state index in [1.165, 1.54) is 11.1 Å². The lowest BCUT2D eigenvalue weighted by molar-refractivity contribution is -0.00349. The third-order valence-corrected chi connectivity index (χ3v) is 5.07. The topological polar surface area (TPSA) is 42.3 Å². The molecular formula is C20H33NO2. The molecule has 0 saturated heterocycles. The van der Waals surface area contributed by atoms with Gasteiger partial charge in [-0.05, 0) is 35.3 Å². The summed E-state index contributed by atoms with van der Waals surface area (Å²) in [6.07, 6.45) is 3.36. The van der Waals surface area contributed by atoms with Crippen molar-refractivity contribution in [1.82, 2.24) is 0 Å². The predicted octanol–water partition coefficient (Wildman–Crippen LogP) is 5.80. The van der Waals surface area contributed by atoms with Crippen molar-refractivity contribution >= 4 is 6.40 Å². The van der Waals surface area contributed by atoms with Crippen LogP contribution in [0.3, 0.4) is 0 Å². The molecule has 23 heavy (non-hydrogen) atoms. The van der Waals surface area contributed by atoms with E-state index in [-0.39, 0.29) is 10.8 Å². The first kappa shape index (κ1) is 19.5. The standard InChI is InChI=1S/C20H33NO2/c1-8-18(22-14-21)23-17-12-11-15(19(4,5)9-2)13-16(17)20(6,7)10-3/h11-14,18,21H,8-10H2,1-7H3. The Kier molecular flexibility index (Phi) is 6.67. The van der Waals surface area contributed by atoms with E-state index in [9.17, 15) is 0 Å². The van der Waals surface area contributed by atoms with Gasteiger partial charge in [0.2, 0.25) is 6.29 Å². The van der Waals surface area contributed by atoms with Crippen LogP contribution in [0.4, 0.5) is 0 Å². The van der Waals surface area contributed by atoms with Crippen LogP contribution in [0.15, 0.2) is 18.2 Å². The maximum atomic E-state index is 7.13. The summed E-state index contributed by atoms with van der Waals surface area (Å²) in [4.78, 5) is 0. The molecule has 1 aromatic carbocycles. The first-order chi connectivity index (χ1) is 10.7. The number of benzene rings is 1. The van der Waals surface area contributed by atoms with Crippen LogP contribution in [-0.2, 0) is 15.6 Å². The van der Waals surface area contributed by atoms with Crippen LogP contribution in [0, 0.1) is 5.41 Å². The quantitative estimate of drug-likeness (QED) is 0.355. The molecule has 0 spiro atoms. The maximum absolute atomic E-state index is 7.13. The first-order valence-electron chi connectivity index (χ1n) is 8.67. The number of hydrogen-bond acceptors (Lipinski definition) is 3. The van der Waals surface area contributed by atoms with E-state index in [1.54, 1.807) is 0 Å². The molecule has 1 atom stereocenters. The summed E-state index contributed by atoms with van der Waals surface area (Å²) in [6.45, 7) is 15.5. The zero-order valence-electron chi connectivity index (χ0n) is 15.8. The molecule has 0 aliphatic carbocycles. The van der Waals surface area contributed by atoms with Crippen LogP contribution < -0.4 is 4.74 Å². The van der Waals surface area contributed by atoms with Gasteiger partial charge in [-0.25, -0.2) is 0 Å². The highest BCUT2D eigenvalue weighted by Crippen LogP contribution is 2.38. The lowest BCUT2D eigenvalue weighted by Crippen LogP contribution is -2.24. The smallest absolute Gasteiger partial charge is 0.241 e. The Morgan fingerprint density at radius 3 is 2.13 bits per heavy atom. The summed E-state index contributed by atoms with van der Waals surface area (Å²) < 4.78 is 11.3. The Balaban J connectivity index is 3.32. The fraction of sp³-hybridized carbons (Fsp3) is 0.650. The second-order valence-electron chi connectivity index (χ2n) is 7.40. The number of rotatable bonds is 9. The number of hydrogen-bond donors (Lipinski definition) is 1. The lowest BCUT2D eigenvalue weighted by atomic mass is 9.76. The molecule has 0 radical (unpaired) electrons. The van der Waals surface area contributed by atoms with Crippen LogP contribution in [0.1, 0.15) is 78.9 Å². The molecule has 1 rings (SSSR count). The molecule has 0 aromatic heterocycles. The van der Waals surface area contributed by atoms with Gasteiger partial charge < -0.3 is 9.47 Å². The van der Waals surface area contributed by atoms with E-state index in [2.05, 4.69) is 59.7 Å². The fourth-order valence-corrected chi connectivity index (χ4v) is 2.40. The molecule has 0 bridgehead atoms. The monoisotopic (exact) mass is 319 g/mol. The molecule has 0 saturated carbocycles. The van der Waals surface area contributed by atoms with E-state index in [0.717, 1.165) is 25.0 Å². The maximum Gasteiger partial charge on any atom is 0.241 e. The molecule has 0 heterocycles. The van der Waals surface area contributed by atoms with Gasteiger partial charge in [-0.15, -0.1) is 0 Å². The van der Waals surface area contributed by atoms with Gasteiger partial charge in [0.05, 0.1) is 0 Å². The zero-order valence-corrected chi connectivity index (χ0v) is 15.8. The summed E-state index contributed by atoms with van der Waals surface area (Å²) in [6, 6.07) is 6.51. The molecule has 1 unspecified atom stereocenters. The van der Waals surface area contributed by atoms with Crippen molar-refractivity contribution in [2.45, 2.75) is 84.8 Å². The molecule has 1 N–H and O–H groups in total. The van der Waals surface area contributed by atoms with Crippen LogP contribution in [0.5, 0.6) is 5.75 Å². The largest absolute Gasteiger partial charge is 0.455 e. The zero-order chi connectivity index (χ0) is 17.7. The first-order valence-corrected chi connectivity index (χ1v) is 8.67. The molecule has 3 heteroatoms. The second kappa shape index (κ2) is 7.85. The Morgan fingerprint density at radius 1 is 1.04 bits per heavy atom. The predicted molar refractivity (Wildman–Crippen MR) is 97.7 cm³/mol. The summed E-state index contributed by atoms with van der Waals surface area (Å²) in [7, 11) is 0. The summed E-state index contributed by atoms with van der Waals surface area (Å²) in [5, 5.41) is 7.13. The normalized spacial score (nSPS) is 13.5. The number of nitrogens with one attached hydrogen (secondary N) is 1. The van der Waals surface area contributed by atoms with Crippen molar-refractivity contribution in [1.29, 1.82) is 5.41 Å². The average molecular weight is 319 g/mol. The van der Waals surface area contributed by atoms with E-state index >= 15 is 0 Å². The lowest BCUT2D eigenvalue weighted by Gasteiger charge is -2.31. The van der Waals surface area contributed by atoms with Crippen molar-refractivity contribution in [3.63, 3.8) is 0 Å². The average Bonchev–Trinajstić information content (AvgIpc) is 2.54. The van der Waals surface area contributed by atoms with Gasteiger partial charge in [-0.1, -0.05) is 60.6 Å². The highest BCUT2D eigenvalue weighted by atomic mass is 16.7. The van der Waals surface area contributed by atoms with Gasteiger partial charge >= 0.3 is 0 Å². The minimum absolute atomic E-state index is 0.0259. The molecular weight excluding hydrogens is 286 g/mol. The summed E-state index contributed by atoms with van der Waals surface area (Å²) >= 11 is 0. The van der Waals surface area contributed by atoms with Crippen LogP contribution >= 0.6 is 0 Å². The van der Waals surface area contributed by atoms with Gasteiger partial charge in [0, 0.05) is 12.0 Å². The molecule has 0 amide bonds. The van der Waals surface area contributed by atoms with Crippen molar-refractivity contribution in [2.75, 3.05) is 0 Å². The SMILES string of the molecule is CCC(OC=N)Oc1ccc(C(C)(C)CC)cc1C(C)(C)CC. The van der Waals surface area contributed by atoms with E-state index in [0.29, 0.717) is 6.42 Å². The van der Waals surface area contributed by atoms with Gasteiger partial charge in [-0.2, -0.15) is 0 Å². The van der Waals surface area contributed by atoms with Crippen molar-refractivity contribution in [3.05, 3.63) is 29.3 Å². The van der Waals surface area contributed by atoms with Crippen molar-refractivity contribution < 1.29 is 9.47 Å². The van der Waals surface area contributed by atoms with Gasteiger partial charge in [-0.3, -0.25) is 5.41 Å². The Hall–Kier alpha value is -1.51. The van der Waals surface area contributed by atoms with Gasteiger partial charge in [0.25, 0.3) is 0 Å². The molecule has 0 aliphatic rings. The second-order valence-corrected chi connectivity index (χ2v) is 7.40. The summed E-state index contributed by atoms with van der Waals surface area (Å²) in [5.41, 5.74) is 2.72. The summed E-state index contributed by atoms with van der Waals surface area (Å²) in [5.74, 6) is 0.862. The third kappa shape index (κ3) is 4.73. The fourth-order valence-electron chi connectivity index (χ4n) is 2.40.